The van der Waals surface area contributed by atoms with Gasteiger partial charge in [0, 0.05) is 18.6 Å². The fourth-order valence-corrected chi connectivity index (χ4v) is 4.30. The third-order valence-corrected chi connectivity index (χ3v) is 5.87. The molecule has 3 aromatic rings. The maximum absolute atomic E-state index is 12.6. The van der Waals surface area contributed by atoms with Crippen molar-refractivity contribution in [2.75, 3.05) is 13.3 Å². The highest BCUT2D eigenvalue weighted by molar-refractivity contribution is 7.98. The Morgan fingerprint density at radius 2 is 2.17 bits per heavy atom. The number of amides is 1. The van der Waals surface area contributed by atoms with Gasteiger partial charge in [0.25, 0.3) is 5.91 Å². The van der Waals surface area contributed by atoms with Crippen molar-refractivity contribution in [2.24, 2.45) is 0 Å². The summed E-state index contributed by atoms with van der Waals surface area (Å²) in [6.07, 6.45) is 3.63. The van der Waals surface area contributed by atoms with Crippen molar-refractivity contribution >= 4 is 40.3 Å². The Morgan fingerprint density at radius 3 is 2.91 bits per heavy atom. The minimum Gasteiger partial charge on any atom is -0.336 e. The predicted molar refractivity (Wildman–Crippen MR) is 97.2 cm³/mol. The lowest BCUT2D eigenvalue weighted by molar-refractivity contribution is 0.0779. The Bertz CT molecular complexity index is 799. The summed E-state index contributed by atoms with van der Waals surface area (Å²) < 4.78 is 0. The van der Waals surface area contributed by atoms with Crippen molar-refractivity contribution < 1.29 is 4.79 Å². The molecule has 0 bridgehead atoms. The van der Waals surface area contributed by atoms with Crippen LogP contribution in [0.5, 0.6) is 0 Å². The molecule has 0 aromatic carbocycles. The summed E-state index contributed by atoms with van der Waals surface area (Å²) in [5.41, 5.74) is 1.54. The van der Waals surface area contributed by atoms with Crippen molar-refractivity contribution in [3.63, 3.8) is 0 Å². The van der Waals surface area contributed by atoms with Crippen LogP contribution in [0.2, 0.25) is 0 Å². The van der Waals surface area contributed by atoms with Gasteiger partial charge in [-0.25, -0.2) is 9.97 Å². The largest absolute Gasteiger partial charge is 0.336 e. The number of thioether (sulfide) groups is 1. The fraction of sp³-hybridized carbons (Fsp3) is 0.188. The second kappa shape index (κ2) is 7.25. The number of thiophene rings is 1. The third kappa shape index (κ3) is 3.63. The molecule has 0 unspecified atom stereocenters. The Hall–Kier alpha value is -1.70. The number of aromatic nitrogens is 2. The molecule has 0 radical (unpaired) electrons. The van der Waals surface area contributed by atoms with Crippen LogP contribution in [0.15, 0.2) is 46.2 Å². The first-order chi connectivity index (χ1) is 11.2. The molecule has 0 aliphatic rings. The number of pyridine rings is 1. The standard InChI is InChI=1S/C16H15N3OS3/c1-19(16(20)12-5-3-7-17-14(12)21-2)9-11-10-23-15(18-11)13-6-4-8-22-13/h3-8,10H,9H2,1-2H3. The van der Waals surface area contributed by atoms with Crippen LogP contribution in [-0.4, -0.2) is 34.1 Å². The summed E-state index contributed by atoms with van der Waals surface area (Å²) in [6.45, 7) is 0.490. The van der Waals surface area contributed by atoms with E-state index in [1.54, 1.807) is 46.9 Å². The zero-order chi connectivity index (χ0) is 16.2. The molecule has 3 aromatic heterocycles. The highest BCUT2D eigenvalue weighted by Crippen LogP contribution is 2.28. The van der Waals surface area contributed by atoms with E-state index in [1.807, 2.05) is 29.1 Å². The summed E-state index contributed by atoms with van der Waals surface area (Å²) in [5.74, 6) is -0.0341. The molecule has 4 nitrogen and oxygen atoms in total. The predicted octanol–water partition coefficient (Wildman–Crippen LogP) is 4.26. The molecule has 0 aliphatic heterocycles. The first kappa shape index (κ1) is 16.2. The third-order valence-electron chi connectivity index (χ3n) is 3.22. The van der Waals surface area contributed by atoms with Crippen molar-refractivity contribution in [1.29, 1.82) is 0 Å². The van der Waals surface area contributed by atoms with Crippen molar-refractivity contribution in [1.82, 2.24) is 14.9 Å². The molecule has 0 aliphatic carbocycles. The monoisotopic (exact) mass is 361 g/mol. The number of carbonyl (C=O) groups excluding carboxylic acids is 1. The molecule has 0 spiro atoms. The Balaban J connectivity index is 1.74. The average molecular weight is 362 g/mol. The molecule has 23 heavy (non-hydrogen) atoms. The number of hydrogen-bond donors (Lipinski definition) is 0. The van der Waals surface area contributed by atoms with E-state index in [0.29, 0.717) is 12.1 Å². The summed E-state index contributed by atoms with van der Waals surface area (Å²) in [6, 6.07) is 7.68. The number of hydrogen-bond acceptors (Lipinski definition) is 6. The minimum atomic E-state index is -0.0341. The molecule has 3 heterocycles. The normalized spacial score (nSPS) is 10.7. The molecule has 0 saturated heterocycles. The maximum Gasteiger partial charge on any atom is 0.256 e. The van der Waals surface area contributed by atoms with Gasteiger partial charge in [-0.05, 0) is 29.8 Å². The van der Waals surface area contributed by atoms with E-state index < -0.39 is 0 Å². The lowest BCUT2D eigenvalue weighted by atomic mass is 10.2. The van der Waals surface area contributed by atoms with Crippen LogP contribution in [0.1, 0.15) is 16.1 Å². The van der Waals surface area contributed by atoms with Crippen LogP contribution in [0.3, 0.4) is 0 Å². The lowest BCUT2D eigenvalue weighted by Crippen LogP contribution is -2.27. The summed E-state index contributed by atoms with van der Waals surface area (Å²) >= 11 is 4.76. The van der Waals surface area contributed by atoms with Crippen molar-refractivity contribution in [3.8, 4) is 9.88 Å². The highest BCUT2D eigenvalue weighted by Gasteiger charge is 2.17. The zero-order valence-corrected chi connectivity index (χ0v) is 15.2. The number of carbonyl (C=O) groups is 1. The summed E-state index contributed by atoms with van der Waals surface area (Å²) in [5, 5.41) is 5.81. The topological polar surface area (TPSA) is 46.1 Å². The minimum absolute atomic E-state index is 0.0341. The van der Waals surface area contributed by atoms with Gasteiger partial charge in [0.15, 0.2) is 0 Å². The van der Waals surface area contributed by atoms with Crippen LogP contribution in [-0.2, 0) is 6.54 Å². The van der Waals surface area contributed by atoms with Gasteiger partial charge in [-0.2, -0.15) is 0 Å². The molecule has 7 heteroatoms. The van der Waals surface area contributed by atoms with E-state index in [4.69, 9.17) is 0 Å². The lowest BCUT2D eigenvalue weighted by Gasteiger charge is -2.17. The second-order valence-electron chi connectivity index (χ2n) is 4.84. The SMILES string of the molecule is CSc1ncccc1C(=O)N(C)Cc1csc(-c2cccs2)n1. The van der Waals surface area contributed by atoms with Gasteiger partial charge >= 0.3 is 0 Å². The first-order valence-electron chi connectivity index (χ1n) is 6.92. The molecular weight excluding hydrogens is 346 g/mol. The molecule has 0 fully saturated rings. The smallest absolute Gasteiger partial charge is 0.256 e. The maximum atomic E-state index is 12.6. The first-order valence-corrected chi connectivity index (χ1v) is 9.90. The van der Waals surface area contributed by atoms with E-state index in [0.717, 1.165) is 20.6 Å². The van der Waals surface area contributed by atoms with Crippen LogP contribution < -0.4 is 0 Å². The molecule has 118 valence electrons. The van der Waals surface area contributed by atoms with E-state index in [-0.39, 0.29) is 5.91 Å². The molecular formula is C16H15N3OS3. The number of rotatable bonds is 5. The quantitative estimate of drug-likeness (QED) is 0.637. The van der Waals surface area contributed by atoms with Gasteiger partial charge in [-0.3, -0.25) is 4.79 Å². The molecule has 0 N–H and O–H groups in total. The molecule has 0 saturated carbocycles. The van der Waals surface area contributed by atoms with Gasteiger partial charge in [-0.1, -0.05) is 6.07 Å². The number of nitrogens with zero attached hydrogens (tertiary/aromatic N) is 3. The Kier molecular flexibility index (Phi) is 5.09. The van der Waals surface area contributed by atoms with Gasteiger partial charge in [0.05, 0.1) is 22.7 Å². The second-order valence-corrected chi connectivity index (χ2v) is 7.44. The fourth-order valence-electron chi connectivity index (χ4n) is 2.13. The summed E-state index contributed by atoms with van der Waals surface area (Å²) in [4.78, 5) is 24.3. The Morgan fingerprint density at radius 1 is 1.30 bits per heavy atom. The summed E-state index contributed by atoms with van der Waals surface area (Å²) in [7, 11) is 1.80. The van der Waals surface area contributed by atoms with Crippen LogP contribution in [0.4, 0.5) is 0 Å². The van der Waals surface area contributed by atoms with Gasteiger partial charge < -0.3 is 4.90 Å². The van der Waals surface area contributed by atoms with Crippen LogP contribution in [0, 0.1) is 0 Å². The molecule has 3 rings (SSSR count). The van der Waals surface area contributed by atoms with Crippen LogP contribution >= 0.6 is 34.4 Å². The highest BCUT2D eigenvalue weighted by atomic mass is 32.2. The van der Waals surface area contributed by atoms with E-state index >= 15 is 0 Å². The van der Waals surface area contributed by atoms with Gasteiger partial charge in [-0.15, -0.1) is 34.4 Å². The van der Waals surface area contributed by atoms with E-state index in [1.165, 1.54) is 11.8 Å². The Labute approximate surface area is 147 Å². The molecule has 1 amide bonds. The van der Waals surface area contributed by atoms with E-state index in [2.05, 4.69) is 16.0 Å². The average Bonchev–Trinajstić information content (AvgIpc) is 3.25. The zero-order valence-electron chi connectivity index (χ0n) is 12.7. The van der Waals surface area contributed by atoms with Crippen LogP contribution in [0.25, 0.3) is 9.88 Å². The molecule has 0 atom stereocenters. The van der Waals surface area contributed by atoms with E-state index in [9.17, 15) is 4.79 Å². The van der Waals surface area contributed by atoms with Gasteiger partial charge in [0.2, 0.25) is 0 Å². The number of thiazole rings is 1. The van der Waals surface area contributed by atoms with Crippen molar-refractivity contribution in [2.45, 2.75) is 11.6 Å². The van der Waals surface area contributed by atoms with Crippen molar-refractivity contribution in [3.05, 3.63) is 52.5 Å². The van der Waals surface area contributed by atoms with Gasteiger partial charge in [0.1, 0.15) is 10.0 Å².